The molecule has 0 aliphatic rings. The quantitative estimate of drug-likeness (QED) is 0.181. The number of aromatic nitrogens is 1. The molecule has 0 radical (unpaired) electrons. The standard InChI is InChI=1S/C46H28N2S2/c1-2-10-30(11-3-1)48-40-15-7-4-12-34(40)38-27-32(21-23-41(38)48)47(33-22-25-44-39(28-33)35-13-5-8-16-42(35)49-44)31-20-18-29-19-24-45-46(37(29)26-31)36-14-6-9-17-43(36)50-45/h1-28H. The summed E-state index contributed by atoms with van der Waals surface area (Å²) in [5.74, 6) is 0. The fourth-order valence-electron chi connectivity index (χ4n) is 7.93. The molecular formula is C46H28N2S2. The van der Waals surface area contributed by atoms with Crippen LogP contribution in [0.3, 0.4) is 0 Å². The van der Waals surface area contributed by atoms with E-state index in [-0.39, 0.29) is 0 Å². The van der Waals surface area contributed by atoms with Crippen molar-refractivity contribution in [1.29, 1.82) is 0 Å². The van der Waals surface area contributed by atoms with Gasteiger partial charge in [-0.05, 0) is 95.7 Å². The first kappa shape index (κ1) is 28.0. The minimum Gasteiger partial charge on any atom is -0.310 e. The monoisotopic (exact) mass is 672 g/mol. The molecule has 0 atom stereocenters. The maximum atomic E-state index is 2.45. The molecular weight excluding hydrogens is 645 g/mol. The molecule has 0 aliphatic heterocycles. The van der Waals surface area contributed by atoms with Crippen LogP contribution in [0.5, 0.6) is 0 Å². The highest BCUT2D eigenvalue weighted by Crippen LogP contribution is 2.45. The van der Waals surface area contributed by atoms with Crippen molar-refractivity contribution in [2.45, 2.75) is 0 Å². The fraction of sp³-hybridized carbons (Fsp3) is 0. The van der Waals surface area contributed by atoms with Crippen molar-refractivity contribution in [3.63, 3.8) is 0 Å². The molecule has 4 heteroatoms. The first-order chi connectivity index (χ1) is 24.8. The minimum absolute atomic E-state index is 1.13. The maximum Gasteiger partial charge on any atom is 0.0542 e. The van der Waals surface area contributed by atoms with Crippen LogP contribution in [-0.4, -0.2) is 4.57 Å². The van der Waals surface area contributed by atoms with Crippen LogP contribution in [-0.2, 0) is 0 Å². The van der Waals surface area contributed by atoms with Crippen molar-refractivity contribution in [3.05, 3.63) is 170 Å². The zero-order valence-corrected chi connectivity index (χ0v) is 28.5. The lowest BCUT2D eigenvalue weighted by Gasteiger charge is -2.26. The molecule has 8 aromatic carbocycles. The Morgan fingerprint density at radius 3 is 1.74 bits per heavy atom. The highest BCUT2D eigenvalue weighted by atomic mass is 32.1. The lowest BCUT2D eigenvalue weighted by molar-refractivity contribution is 1.18. The number of rotatable bonds is 4. The van der Waals surface area contributed by atoms with Crippen molar-refractivity contribution in [3.8, 4) is 5.69 Å². The van der Waals surface area contributed by atoms with Crippen LogP contribution >= 0.6 is 22.7 Å². The van der Waals surface area contributed by atoms with Crippen LogP contribution in [0.25, 0.3) is 78.6 Å². The molecule has 2 nitrogen and oxygen atoms in total. The van der Waals surface area contributed by atoms with Crippen LogP contribution < -0.4 is 4.90 Å². The van der Waals surface area contributed by atoms with Crippen LogP contribution in [0.4, 0.5) is 17.1 Å². The summed E-state index contributed by atoms with van der Waals surface area (Å²) in [4.78, 5) is 2.45. The normalized spacial score (nSPS) is 12.0. The van der Waals surface area contributed by atoms with Gasteiger partial charge in [0.2, 0.25) is 0 Å². The van der Waals surface area contributed by atoms with Gasteiger partial charge in [0.1, 0.15) is 0 Å². The first-order valence-corrected chi connectivity index (χ1v) is 18.6. The molecule has 0 unspecified atom stereocenters. The summed E-state index contributed by atoms with van der Waals surface area (Å²) in [7, 11) is 0. The third kappa shape index (κ3) is 4.13. The molecule has 0 saturated carbocycles. The predicted octanol–water partition coefficient (Wildman–Crippen LogP) is 14.1. The summed E-state index contributed by atoms with van der Waals surface area (Å²) >= 11 is 3.74. The van der Waals surface area contributed by atoms with E-state index in [2.05, 4.69) is 179 Å². The lowest BCUT2D eigenvalue weighted by Crippen LogP contribution is -2.10. The van der Waals surface area contributed by atoms with Gasteiger partial charge in [-0.25, -0.2) is 0 Å². The Kier molecular flexibility index (Phi) is 6.03. The van der Waals surface area contributed by atoms with E-state index in [0.29, 0.717) is 0 Å². The molecule has 0 aliphatic carbocycles. The summed E-state index contributed by atoms with van der Waals surface area (Å²) in [6.45, 7) is 0. The van der Waals surface area contributed by atoms with E-state index < -0.39 is 0 Å². The predicted molar refractivity (Wildman–Crippen MR) is 219 cm³/mol. The largest absolute Gasteiger partial charge is 0.310 e. The van der Waals surface area contributed by atoms with Gasteiger partial charge in [0.15, 0.2) is 0 Å². The zero-order valence-electron chi connectivity index (χ0n) is 26.9. The molecule has 11 rings (SSSR count). The Labute approximate surface area is 296 Å². The summed E-state index contributed by atoms with van der Waals surface area (Å²) in [5, 5.41) is 10.3. The second kappa shape index (κ2) is 10.8. The van der Waals surface area contributed by atoms with Gasteiger partial charge >= 0.3 is 0 Å². The molecule has 11 aromatic rings. The SMILES string of the molecule is c1ccc(-n2c3ccccc3c3cc(N(c4ccc5sc6ccccc6c5c4)c4ccc5ccc6sc7ccccc7c6c5c4)ccc32)cc1. The molecule has 0 saturated heterocycles. The van der Waals surface area contributed by atoms with Gasteiger partial charge in [-0.3, -0.25) is 0 Å². The molecule has 0 fully saturated rings. The molecule has 3 aromatic heterocycles. The number of benzene rings is 8. The van der Waals surface area contributed by atoms with Crippen molar-refractivity contribution < 1.29 is 0 Å². The highest BCUT2D eigenvalue weighted by molar-refractivity contribution is 7.26. The average Bonchev–Trinajstić information content (AvgIpc) is 3.85. The van der Waals surface area contributed by atoms with Crippen LogP contribution in [0.2, 0.25) is 0 Å². The smallest absolute Gasteiger partial charge is 0.0542 e. The molecule has 50 heavy (non-hydrogen) atoms. The number of nitrogens with zero attached hydrogens (tertiary/aromatic N) is 2. The second-order valence-electron chi connectivity index (χ2n) is 12.9. The minimum atomic E-state index is 1.13. The van der Waals surface area contributed by atoms with E-state index in [1.54, 1.807) is 0 Å². The lowest BCUT2D eigenvalue weighted by atomic mass is 10.0. The number of fused-ring (bicyclic) bond motifs is 11. The summed E-state index contributed by atoms with van der Waals surface area (Å²) in [5.41, 5.74) is 7.00. The topological polar surface area (TPSA) is 8.17 Å². The van der Waals surface area contributed by atoms with E-state index >= 15 is 0 Å². The summed E-state index contributed by atoms with van der Waals surface area (Å²) in [6.07, 6.45) is 0. The molecule has 0 spiro atoms. The van der Waals surface area contributed by atoms with E-state index in [9.17, 15) is 0 Å². The molecule has 0 N–H and O–H groups in total. The third-order valence-corrected chi connectivity index (χ3v) is 12.4. The molecule has 3 heterocycles. The molecule has 234 valence electrons. The Balaban J connectivity index is 1.20. The van der Waals surface area contributed by atoms with Crippen molar-refractivity contribution in [2.75, 3.05) is 4.90 Å². The van der Waals surface area contributed by atoms with E-state index in [4.69, 9.17) is 0 Å². The van der Waals surface area contributed by atoms with E-state index in [1.807, 2.05) is 22.7 Å². The summed E-state index contributed by atoms with van der Waals surface area (Å²) < 4.78 is 7.66. The molecule has 0 amide bonds. The number of thiophene rings is 2. The highest BCUT2D eigenvalue weighted by Gasteiger charge is 2.19. The molecule has 0 bridgehead atoms. The van der Waals surface area contributed by atoms with Gasteiger partial charge in [-0.1, -0.05) is 84.9 Å². The number of para-hydroxylation sites is 2. The van der Waals surface area contributed by atoms with Crippen molar-refractivity contribution in [1.82, 2.24) is 4.57 Å². The van der Waals surface area contributed by atoms with Gasteiger partial charge < -0.3 is 9.47 Å². The maximum absolute atomic E-state index is 2.45. The summed E-state index contributed by atoms with van der Waals surface area (Å²) in [6, 6.07) is 62.5. The van der Waals surface area contributed by atoms with Gasteiger partial charge in [-0.15, -0.1) is 22.7 Å². The zero-order chi connectivity index (χ0) is 32.8. The fourth-order valence-corrected chi connectivity index (χ4v) is 10.1. The van der Waals surface area contributed by atoms with Gasteiger partial charge in [0, 0.05) is 73.9 Å². The third-order valence-electron chi connectivity index (χ3n) is 10.1. The Hall–Kier alpha value is -5.94. The van der Waals surface area contributed by atoms with Gasteiger partial charge in [0.05, 0.1) is 11.0 Å². The van der Waals surface area contributed by atoms with Crippen LogP contribution in [0, 0.1) is 0 Å². The van der Waals surface area contributed by atoms with E-state index in [0.717, 1.165) is 17.1 Å². The van der Waals surface area contributed by atoms with Crippen LogP contribution in [0.1, 0.15) is 0 Å². The second-order valence-corrected chi connectivity index (χ2v) is 15.1. The van der Waals surface area contributed by atoms with Crippen molar-refractivity contribution >= 4 is 113 Å². The first-order valence-electron chi connectivity index (χ1n) is 16.9. The Morgan fingerprint density at radius 2 is 0.900 bits per heavy atom. The van der Waals surface area contributed by atoms with Gasteiger partial charge in [0.25, 0.3) is 0 Å². The number of hydrogen-bond acceptors (Lipinski definition) is 3. The van der Waals surface area contributed by atoms with Crippen molar-refractivity contribution in [2.24, 2.45) is 0 Å². The number of anilines is 3. The van der Waals surface area contributed by atoms with E-state index in [1.165, 1.54) is 78.6 Å². The Bertz CT molecular complexity index is 3110. The number of hydrogen-bond donors (Lipinski definition) is 0. The van der Waals surface area contributed by atoms with Gasteiger partial charge in [-0.2, -0.15) is 0 Å². The van der Waals surface area contributed by atoms with Crippen LogP contribution in [0.15, 0.2) is 170 Å². The average molecular weight is 673 g/mol. The Morgan fingerprint density at radius 1 is 0.360 bits per heavy atom.